The fraction of sp³-hybridized carbons (Fsp3) is 0.333. The van der Waals surface area contributed by atoms with Gasteiger partial charge in [0.1, 0.15) is 6.17 Å². The van der Waals surface area contributed by atoms with Crippen molar-refractivity contribution < 1.29 is 17.6 Å². The quantitative estimate of drug-likeness (QED) is 0.623. The van der Waals surface area contributed by atoms with Crippen molar-refractivity contribution in [2.45, 2.75) is 19.3 Å². The smallest absolute Gasteiger partial charge is 0.243 e. The van der Waals surface area contributed by atoms with Crippen molar-refractivity contribution in [3.05, 3.63) is 34.3 Å². The van der Waals surface area contributed by atoms with Gasteiger partial charge in [-0.3, -0.25) is 0 Å². The molecule has 0 bridgehead atoms. The van der Waals surface area contributed by atoms with Gasteiger partial charge < -0.3 is 0 Å². The second-order valence-electron chi connectivity index (χ2n) is 2.85. The normalized spacial score (nSPS) is 14.1. The van der Waals surface area contributed by atoms with Gasteiger partial charge in [-0.05, 0) is 24.6 Å². The van der Waals surface area contributed by atoms with Gasteiger partial charge in [-0.15, -0.1) is 0 Å². The van der Waals surface area contributed by atoms with Crippen LogP contribution in [0.1, 0.15) is 24.2 Å². The third kappa shape index (κ3) is 2.38. The van der Waals surface area contributed by atoms with E-state index >= 15 is 0 Å². The molecule has 1 rings (SSSR count). The summed E-state index contributed by atoms with van der Waals surface area (Å²) in [5, 5.41) is -0.415. The van der Waals surface area contributed by atoms with Crippen molar-refractivity contribution in [2.24, 2.45) is 0 Å². The van der Waals surface area contributed by atoms with Gasteiger partial charge in [0.15, 0.2) is 0 Å². The molecule has 0 aliphatic rings. The zero-order valence-electron chi connectivity index (χ0n) is 7.20. The second-order valence-corrected chi connectivity index (χ2v) is 3.26. The monoisotopic (exact) mass is 226 g/mol. The molecule has 1 aromatic carbocycles. The highest BCUT2D eigenvalue weighted by atomic mass is 35.5. The van der Waals surface area contributed by atoms with Crippen molar-refractivity contribution in [2.75, 3.05) is 0 Å². The first-order chi connectivity index (χ1) is 6.32. The molecule has 1 aromatic rings. The maximum atomic E-state index is 12.7. The van der Waals surface area contributed by atoms with Crippen LogP contribution in [-0.4, -0.2) is 0 Å². The summed E-state index contributed by atoms with van der Waals surface area (Å²) in [6.45, 7) is 1.17. The van der Waals surface area contributed by atoms with Crippen LogP contribution in [0.15, 0.2) is 18.2 Å². The lowest BCUT2D eigenvalue weighted by Crippen LogP contribution is -2.06. The molecule has 0 fully saturated rings. The lowest BCUT2D eigenvalue weighted by molar-refractivity contribution is -0.137. The number of hydrogen-bond acceptors (Lipinski definition) is 0. The van der Waals surface area contributed by atoms with E-state index in [4.69, 9.17) is 11.6 Å². The molecule has 1 atom stereocenters. The van der Waals surface area contributed by atoms with Crippen LogP contribution < -0.4 is 0 Å². The standard InChI is InChI=1S/C9H7ClF4/c1-5(11)6-2-3-8(10)7(4-6)9(12,13)14/h2-5H,1H3. The molecule has 0 amide bonds. The molecule has 0 nitrogen and oxygen atoms in total. The molecule has 0 radical (unpaired) electrons. The Kier molecular flexibility index (Phi) is 3.04. The molecule has 0 spiro atoms. The van der Waals surface area contributed by atoms with Gasteiger partial charge in [0, 0.05) is 0 Å². The third-order valence-electron chi connectivity index (χ3n) is 1.76. The highest BCUT2D eigenvalue weighted by Crippen LogP contribution is 2.36. The number of alkyl halides is 4. The molecule has 5 heteroatoms. The minimum absolute atomic E-state index is 0.0262. The summed E-state index contributed by atoms with van der Waals surface area (Å²) in [4.78, 5) is 0. The summed E-state index contributed by atoms with van der Waals surface area (Å²) < 4.78 is 49.6. The van der Waals surface area contributed by atoms with E-state index in [9.17, 15) is 17.6 Å². The van der Waals surface area contributed by atoms with Crippen LogP contribution >= 0.6 is 11.6 Å². The summed E-state index contributed by atoms with van der Waals surface area (Å²) in [5.74, 6) is 0. The molecule has 0 heterocycles. The van der Waals surface area contributed by atoms with Crippen LogP contribution in [0.4, 0.5) is 17.6 Å². The first-order valence-corrected chi connectivity index (χ1v) is 4.21. The van der Waals surface area contributed by atoms with E-state index in [0.717, 1.165) is 12.1 Å². The average Bonchev–Trinajstić information content (AvgIpc) is 2.02. The fourth-order valence-corrected chi connectivity index (χ4v) is 1.23. The van der Waals surface area contributed by atoms with Crippen LogP contribution in [-0.2, 0) is 6.18 Å². The van der Waals surface area contributed by atoms with Crippen molar-refractivity contribution in [3.63, 3.8) is 0 Å². The van der Waals surface area contributed by atoms with Gasteiger partial charge >= 0.3 is 6.18 Å². The molecule has 0 aliphatic heterocycles. The maximum Gasteiger partial charge on any atom is 0.417 e. The zero-order valence-corrected chi connectivity index (χ0v) is 7.96. The Morgan fingerprint density at radius 1 is 1.29 bits per heavy atom. The Labute approximate surface area is 83.5 Å². The first-order valence-electron chi connectivity index (χ1n) is 3.83. The molecule has 0 N–H and O–H groups in total. The minimum Gasteiger partial charge on any atom is -0.243 e. The van der Waals surface area contributed by atoms with E-state index in [2.05, 4.69) is 0 Å². The van der Waals surface area contributed by atoms with Crippen LogP contribution in [0.3, 0.4) is 0 Å². The van der Waals surface area contributed by atoms with E-state index in [1.165, 1.54) is 13.0 Å². The van der Waals surface area contributed by atoms with Gasteiger partial charge in [-0.2, -0.15) is 13.2 Å². The van der Waals surface area contributed by atoms with Gasteiger partial charge in [-0.25, -0.2) is 4.39 Å². The lowest BCUT2D eigenvalue weighted by Gasteiger charge is -2.11. The van der Waals surface area contributed by atoms with Gasteiger partial charge in [0.25, 0.3) is 0 Å². The van der Waals surface area contributed by atoms with Crippen molar-refractivity contribution >= 4 is 11.6 Å². The average molecular weight is 227 g/mol. The minimum atomic E-state index is -4.54. The topological polar surface area (TPSA) is 0 Å². The number of hydrogen-bond donors (Lipinski definition) is 0. The summed E-state index contributed by atoms with van der Waals surface area (Å²) >= 11 is 5.34. The molecular formula is C9H7ClF4. The van der Waals surface area contributed by atoms with Crippen LogP contribution in [0.5, 0.6) is 0 Å². The van der Waals surface area contributed by atoms with E-state index in [-0.39, 0.29) is 5.56 Å². The third-order valence-corrected chi connectivity index (χ3v) is 2.08. The molecule has 0 saturated carbocycles. The predicted molar refractivity (Wildman–Crippen MR) is 46.0 cm³/mol. The molecule has 0 aliphatic carbocycles. The van der Waals surface area contributed by atoms with Gasteiger partial charge in [0.05, 0.1) is 10.6 Å². The Morgan fingerprint density at radius 2 is 1.86 bits per heavy atom. The zero-order chi connectivity index (χ0) is 10.9. The SMILES string of the molecule is CC(F)c1ccc(Cl)c(C(F)(F)F)c1. The summed E-state index contributed by atoms with van der Waals surface area (Å²) in [6, 6.07) is 3.02. The highest BCUT2D eigenvalue weighted by molar-refractivity contribution is 6.31. The van der Waals surface area contributed by atoms with Gasteiger partial charge in [0.2, 0.25) is 0 Å². The Bertz CT molecular complexity index is 330. The lowest BCUT2D eigenvalue weighted by atomic mass is 10.1. The van der Waals surface area contributed by atoms with Crippen molar-refractivity contribution in [1.29, 1.82) is 0 Å². The molecular weight excluding hydrogens is 220 g/mol. The molecule has 14 heavy (non-hydrogen) atoms. The fourth-order valence-electron chi connectivity index (χ4n) is 1.01. The van der Waals surface area contributed by atoms with Crippen LogP contribution in [0.2, 0.25) is 5.02 Å². The highest BCUT2D eigenvalue weighted by Gasteiger charge is 2.33. The summed E-state index contributed by atoms with van der Waals surface area (Å²) in [5.41, 5.74) is -1.03. The summed E-state index contributed by atoms with van der Waals surface area (Å²) in [7, 11) is 0. The number of rotatable bonds is 1. The Morgan fingerprint density at radius 3 is 2.29 bits per heavy atom. The number of halogens is 5. The molecule has 0 aromatic heterocycles. The maximum absolute atomic E-state index is 12.7. The van der Waals surface area contributed by atoms with Crippen LogP contribution in [0, 0.1) is 0 Å². The van der Waals surface area contributed by atoms with Gasteiger partial charge in [-0.1, -0.05) is 17.7 Å². The second kappa shape index (κ2) is 3.77. The molecule has 78 valence electrons. The first kappa shape index (κ1) is 11.3. The van der Waals surface area contributed by atoms with Crippen molar-refractivity contribution in [1.82, 2.24) is 0 Å². The molecule has 1 unspecified atom stereocenters. The van der Waals surface area contributed by atoms with E-state index < -0.39 is 22.9 Å². The summed E-state index contributed by atoms with van der Waals surface area (Å²) in [6.07, 6.45) is -5.98. The Hall–Kier alpha value is -0.770. The van der Waals surface area contributed by atoms with E-state index in [0.29, 0.717) is 0 Å². The van der Waals surface area contributed by atoms with Crippen LogP contribution in [0.25, 0.3) is 0 Å². The molecule has 0 saturated heterocycles. The van der Waals surface area contributed by atoms with E-state index in [1.807, 2.05) is 0 Å². The van der Waals surface area contributed by atoms with E-state index in [1.54, 1.807) is 0 Å². The Balaban J connectivity index is 3.22. The predicted octanol–water partition coefficient (Wildman–Crippen LogP) is 4.39. The van der Waals surface area contributed by atoms with Crippen molar-refractivity contribution in [3.8, 4) is 0 Å². The number of benzene rings is 1. The largest absolute Gasteiger partial charge is 0.417 e.